The molecule has 12 heteroatoms. The number of hydrogen-bond acceptors (Lipinski definition) is 10. The van der Waals surface area contributed by atoms with Gasteiger partial charge in [0, 0.05) is 10.2 Å². The highest BCUT2D eigenvalue weighted by Crippen LogP contribution is 2.31. The van der Waals surface area contributed by atoms with Crippen molar-refractivity contribution in [1.29, 1.82) is 0 Å². The van der Waals surface area contributed by atoms with Crippen LogP contribution in [0.2, 0.25) is 0 Å². The predicted molar refractivity (Wildman–Crippen MR) is 142 cm³/mol. The van der Waals surface area contributed by atoms with Gasteiger partial charge in [-0.1, -0.05) is 25.5 Å². The monoisotopic (exact) mass is 604 g/mol. The number of amides is 1. The minimum Gasteiger partial charge on any atom is -0.461 e. The smallest absolute Gasteiger partial charge is 0.339 e. The van der Waals surface area contributed by atoms with Gasteiger partial charge in [0.25, 0.3) is 0 Å². The van der Waals surface area contributed by atoms with E-state index in [9.17, 15) is 30.0 Å². The summed E-state index contributed by atoms with van der Waals surface area (Å²) in [6.07, 6.45) is -4.07. The molecule has 3 rings (SSSR count). The molecular formula is C25H37BrN2O8S. The lowest BCUT2D eigenvalue weighted by atomic mass is 9.92. The first kappa shape index (κ1) is 30.3. The van der Waals surface area contributed by atoms with Crippen molar-refractivity contribution in [3.05, 3.63) is 34.3 Å². The third-order valence-corrected chi connectivity index (χ3v) is 8.53. The second-order valence-electron chi connectivity index (χ2n) is 9.55. The van der Waals surface area contributed by atoms with Crippen LogP contribution in [-0.2, 0) is 14.3 Å². The first-order chi connectivity index (χ1) is 17.6. The zero-order valence-corrected chi connectivity index (χ0v) is 23.4. The van der Waals surface area contributed by atoms with Crippen molar-refractivity contribution in [2.45, 2.75) is 81.1 Å². The molecule has 0 bridgehead atoms. The van der Waals surface area contributed by atoms with Crippen molar-refractivity contribution in [2.24, 2.45) is 5.92 Å². The van der Waals surface area contributed by atoms with Gasteiger partial charge in [0.15, 0.2) is 0 Å². The molecule has 208 valence electrons. The number of carbonyl (C=O) groups is 2. The second kappa shape index (κ2) is 14.2. The van der Waals surface area contributed by atoms with Crippen LogP contribution in [0.1, 0.15) is 43.5 Å². The van der Waals surface area contributed by atoms with Crippen molar-refractivity contribution < 1.29 is 39.5 Å². The Bertz CT molecular complexity index is 909. The Morgan fingerprint density at radius 1 is 1.24 bits per heavy atom. The van der Waals surface area contributed by atoms with Crippen LogP contribution in [0.15, 0.2) is 28.7 Å². The van der Waals surface area contributed by atoms with E-state index in [4.69, 9.17) is 9.47 Å². The Morgan fingerprint density at radius 3 is 2.65 bits per heavy atom. The molecule has 6 N–H and O–H groups in total. The molecule has 37 heavy (non-hydrogen) atoms. The van der Waals surface area contributed by atoms with E-state index in [1.807, 2.05) is 0 Å². The number of thioether (sulfide) groups is 1. The topological polar surface area (TPSA) is 158 Å². The summed E-state index contributed by atoms with van der Waals surface area (Å²) < 4.78 is 11.8. The summed E-state index contributed by atoms with van der Waals surface area (Å²) in [6.45, 7) is 4.32. The van der Waals surface area contributed by atoms with Gasteiger partial charge in [-0.15, -0.1) is 11.8 Å². The van der Waals surface area contributed by atoms with Crippen LogP contribution < -0.4 is 10.6 Å². The molecule has 9 atom stereocenters. The Kier molecular flexibility index (Phi) is 11.6. The molecule has 1 amide bonds. The van der Waals surface area contributed by atoms with Crippen LogP contribution in [0.25, 0.3) is 0 Å². The number of aliphatic hydroxyl groups excluding tert-OH is 4. The van der Waals surface area contributed by atoms with Crippen molar-refractivity contribution in [2.75, 3.05) is 18.9 Å². The minimum atomic E-state index is -1.56. The van der Waals surface area contributed by atoms with Gasteiger partial charge in [-0.25, -0.2) is 4.79 Å². The maximum absolute atomic E-state index is 12.9. The number of ether oxygens (including phenoxy) is 2. The van der Waals surface area contributed by atoms with E-state index in [1.54, 1.807) is 24.3 Å². The largest absolute Gasteiger partial charge is 0.461 e. The summed E-state index contributed by atoms with van der Waals surface area (Å²) in [5.41, 5.74) is -0.601. The van der Waals surface area contributed by atoms with Crippen LogP contribution in [0.4, 0.5) is 0 Å². The van der Waals surface area contributed by atoms with Crippen LogP contribution in [0, 0.1) is 5.92 Å². The van der Waals surface area contributed by atoms with E-state index in [1.165, 1.54) is 6.92 Å². The molecule has 0 aromatic heterocycles. The number of rotatable bonds is 11. The fourth-order valence-corrected chi connectivity index (χ4v) is 6.11. The van der Waals surface area contributed by atoms with Gasteiger partial charge in [-0.2, -0.15) is 0 Å². The highest BCUT2D eigenvalue weighted by Gasteiger charge is 2.48. The molecule has 1 aromatic rings. The van der Waals surface area contributed by atoms with Crippen LogP contribution in [-0.4, -0.2) is 99.2 Å². The second-order valence-corrected chi connectivity index (χ2v) is 11.6. The molecule has 0 radical (unpaired) electrons. The maximum atomic E-state index is 12.9. The number of aliphatic hydroxyl groups is 4. The standard InChI is InChI=1S/C25H37BrN2O8S/c1-3-6-14-11-17(27-12-14)23(33)28-18(13(2)29)22-20(31)19(30)21(32)25(36-22)37-10-9-35-24(34)15-7-4-5-8-16(15)26/h4-5,7-8,13-14,17-22,25,27,29-32H,3,6,9-12H2,1-2H3,(H,28,33)/t13-,14-,17+,18-,19+,20-,21-,22-,25-/m1/s1. The van der Waals surface area contributed by atoms with Crippen molar-refractivity contribution in [3.8, 4) is 0 Å². The zero-order chi connectivity index (χ0) is 27.1. The molecule has 2 fully saturated rings. The summed E-state index contributed by atoms with van der Waals surface area (Å²) in [6, 6.07) is 5.43. The molecule has 2 saturated heterocycles. The summed E-state index contributed by atoms with van der Waals surface area (Å²) in [5, 5.41) is 48.0. The van der Waals surface area contributed by atoms with E-state index in [2.05, 4.69) is 33.5 Å². The first-order valence-electron chi connectivity index (χ1n) is 12.6. The Balaban J connectivity index is 1.57. The highest BCUT2D eigenvalue weighted by atomic mass is 79.9. The Morgan fingerprint density at radius 2 is 1.97 bits per heavy atom. The van der Waals surface area contributed by atoms with Gasteiger partial charge < -0.3 is 40.5 Å². The molecule has 2 aliphatic heterocycles. The van der Waals surface area contributed by atoms with Crippen molar-refractivity contribution in [3.63, 3.8) is 0 Å². The fraction of sp³-hybridized carbons (Fsp3) is 0.680. The molecule has 0 aliphatic carbocycles. The third-order valence-electron chi connectivity index (χ3n) is 6.72. The van der Waals surface area contributed by atoms with Crippen molar-refractivity contribution in [1.82, 2.24) is 10.6 Å². The number of nitrogens with one attached hydrogen (secondary N) is 2. The zero-order valence-electron chi connectivity index (χ0n) is 21.0. The van der Waals surface area contributed by atoms with Gasteiger partial charge in [0.05, 0.1) is 23.8 Å². The average Bonchev–Trinajstić information content (AvgIpc) is 3.34. The summed E-state index contributed by atoms with van der Waals surface area (Å²) in [7, 11) is 0. The van der Waals surface area contributed by atoms with E-state index in [0.29, 0.717) is 22.4 Å². The molecule has 0 saturated carbocycles. The molecule has 1 aromatic carbocycles. The Labute approximate surface area is 229 Å². The van der Waals surface area contributed by atoms with E-state index in [-0.39, 0.29) is 18.3 Å². The fourth-order valence-electron chi connectivity index (χ4n) is 4.69. The lowest BCUT2D eigenvalue weighted by Crippen LogP contribution is -2.65. The lowest BCUT2D eigenvalue weighted by Gasteiger charge is -2.44. The number of hydrogen-bond donors (Lipinski definition) is 6. The number of esters is 1. The van der Waals surface area contributed by atoms with Gasteiger partial charge in [-0.3, -0.25) is 4.79 Å². The maximum Gasteiger partial charge on any atom is 0.339 e. The van der Waals surface area contributed by atoms with Gasteiger partial charge >= 0.3 is 5.97 Å². The van der Waals surface area contributed by atoms with Crippen LogP contribution >= 0.6 is 27.7 Å². The number of benzene rings is 1. The minimum absolute atomic E-state index is 0.0174. The van der Waals surface area contributed by atoms with Gasteiger partial charge in [0.1, 0.15) is 36.5 Å². The summed E-state index contributed by atoms with van der Waals surface area (Å²) >= 11 is 4.40. The van der Waals surface area contributed by atoms with Crippen LogP contribution in [0.3, 0.4) is 0 Å². The molecule has 0 unspecified atom stereocenters. The summed E-state index contributed by atoms with van der Waals surface area (Å²) in [5.74, 6) is -0.185. The van der Waals surface area contributed by atoms with Gasteiger partial charge in [-0.05, 0) is 60.3 Å². The SMILES string of the molecule is CCC[C@H]1CN[C@H](C(=O)N[C@@H]([C@H]2O[C@H](SCCOC(=O)c3ccccc3Br)[C@H](O)[C@@H](O)[C@H]2O)[C@@H](C)O)C1. The predicted octanol–water partition coefficient (Wildman–Crippen LogP) is 0.790. The molecule has 2 heterocycles. The number of carbonyl (C=O) groups excluding carboxylic acids is 2. The third kappa shape index (κ3) is 7.89. The normalized spacial score (nSPS) is 31.5. The molecule has 2 aliphatic rings. The molecular weight excluding hydrogens is 568 g/mol. The first-order valence-corrected chi connectivity index (χ1v) is 14.4. The molecule has 0 spiro atoms. The highest BCUT2D eigenvalue weighted by molar-refractivity contribution is 9.10. The van der Waals surface area contributed by atoms with E-state index >= 15 is 0 Å². The average molecular weight is 606 g/mol. The van der Waals surface area contributed by atoms with Gasteiger partial charge in [0.2, 0.25) is 5.91 Å². The number of halogens is 1. The van der Waals surface area contributed by atoms with E-state index in [0.717, 1.165) is 31.1 Å². The summed E-state index contributed by atoms with van der Waals surface area (Å²) in [4.78, 5) is 25.2. The van der Waals surface area contributed by atoms with Crippen molar-refractivity contribution >= 4 is 39.6 Å². The Hall–Kier alpha value is -1.25. The quantitative estimate of drug-likeness (QED) is 0.157. The molecule has 10 nitrogen and oxygen atoms in total. The lowest BCUT2D eigenvalue weighted by molar-refractivity contribution is -0.211. The van der Waals surface area contributed by atoms with E-state index < -0.39 is 54.0 Å². The van der Waals surface area contributed by atoms with Crippen LogP contribution in [0.5, 0.6) is 0 Å².